The topological polar surface area (TPSA) is 20.2 Å². The van der Waals surface area contributed by atoms with Gasteiger partial charge in [-0.05, 0) is 6.42 Å². The van der Waals surface area contributed by atoms with Gasteiger partial charge in [0.15, 0.2) is 0 Å². The summed E-state index contributed by atoms with van der Waals surface area (Å²) >= 11 is 0. The SMILES string of the molecule is CC.CCC1(CO)CC1(F)F. The normalized spacial score (nSPS) is 32.2. The van der Waals surface area contributed by atoms with Crippen molar-refractivity contribution in [2.75, 3.05) is 6.61 Å². The molecule has 1 aliphatic carbocycles. The van der Waals surface area contributed by atoms with Gasteiger partial charge in [0, 0.05) is 6.42 Å². The molecule has 0 aromatic rings. The Balaban J connectivity index is 0.000000461. The first-order chi connectivity index (χ1) is 5.08. The van der Waals surface area contributed by atoms with E-state index in [1.54, 1.807) is 6.92 Å². The van der Waals surface area contributed by atoms with Crippen LogP contribution in [0.4, 0.5) is 8.78 Å². The van der Waals surface area contributed by atoms with Gasteiger partial charge in [0.05, 0.1) is 12.0 Å². The molecule has 0 aromatic carbocycles. The van der Waals surface area contributed by atoms with Crippen molar-refractivity contribution in [2.24, 2.45) is 5.41 Å². The summed E-state index contributed by atoms with van der Waals surface area (Å²) in [5.74, 6) is -2.59. The number of halogens is 2. The van der Waals surface area contributed by atoms with E-state index in [1.807, 2.05) is 13.8 Å². The van der Waals surface area contributed by atoms with Crippen LogP contribution in [-0.4, -0.2) is 17.6 Å². The Labute approximate surface area is 66.4 Å². The average Bonchev–Trinajstić information content (AvgIpc) is 2.58. The Kier molecular flexibility index (Phi) is 3.42. The zero-order valence-electron chi connectivity index (χ0n) is 7.32. The molecule has 1 rings (SSSR count). The predicted molar refractivity (Wildman–Crippen MR) is 40.7 cm³/mol. The second-order valence-corrected chi connectivity index (χ2v) is 2.67. The Morgan fingerprint density at radius 3 is 1.73 bits per heavy atom. The third kappa shape index (κ3) is 1.70. The monoisotopic (exact) mass is 166 g/mol. The summed E-state index contributed by atoms with van der Waals surface area (Å²) in [5.41, 5.74) is -1.05. The first kappa shape index (κ1) is 10.8. The molecule has 0 spiro atoms. The van der Waals surface area contributed by atoms with Gasteiger partial charge in [-0.1, -0.05) is 20.8 Å². The second kappa shape index (κ2) is 3.48. The maximum atomic E-state index is 12.3. The van der Waals surface area contributed by atoms with E-state index in [4.69, 9.17) is 5.11 Å². The highest BCUT2D eigenvalue weighted by Crippen LogP contribution is 2.62. The minimum atomic E-state index is -2.59. The predicted octanol–water partition coefficient (Wildman–Crippen LogP) is 2.44. The number of hydrogen-bond acceptors (Lipinski definition) is 1. The van der Waals surface area contributed by atoms with E-state index in [2.05, 4.69) is 0 Å². The number of alkyl halides is 2. The summed E-state index contributed by atoms with van der Waals surface area (Å²) in [6, 6.07) is 0. The molecular formula is C8H16F2O. The van der Waals surface area contributed by atoms with Crippen molar-refractivity contribution in [3.05, 3.63) is 0 Å². The van der Waals surface area contributed by atoms with E-state index < -0.39 is 11.3 Å². The minimum absolute atomic E-state index is 0.132. The molecule has 1 unspecified atom stereocenters. The average molecular weight is 166 g/mol. The van der Waals surface area contributed by atoms with E-state index in [1.165, 1.54) is 0 Å². The number of rotatable bonds is 2. The van der Waals surface area contributed by atoms with E-state index in [9.17, 15) is 8.78 Å². The number of aliphatic hydroxyl groups excluding tert-OH is 1. The molecule has 1 atom stereocenters. The standard InChI is InChI=1S/C6H10F2O.C2H6/c1-2-5(4-9)3-6(5,7)8;1-2/h9H,2-4H2,1H3;1-2H3. The highest BCUT2D eigenvalue weighted by Gasteiger charge is 2.69. The van der Waals surface area contributed by atoms with Crippen LogP contribution >= 0.6 is 0 Å². The maximum Gasteiger partial charge on any atom is 0.256 e. The van der Waals surface area contributed by atoms with Crippen molar-refractivity contribution in [3.8, 4) is 0 Å². The minimum Gasteiger partial charge on any atom is -0.396 e. The van der Waals surface area contributed by atoms with Crippen molar-refractivity contribution in [3.63, 3.8) is 0 Å². The van der Waals surface area contributed by atoms with Gasteiger partial charge in [-0.3, -0.25) is 0 Å². The lowest BCUT2D eigenvalue weighted by molar-refractivity contribution is 0.0351. The van der Waals surface area contributed by atoms with Crippen LogP contribution in [0.1, 0.15) is 33.6 Å². The summed E-state index contributed by atoms with van der Waals surface area (Å²) in [5, 5.41) is 8.51. The first-order valence-electron chi connectivity index (χ1n) is 4.07. The largest absolute Gasteiger partial charge is 0.396 e. The zero-order valence-corrected chi connectivity index (χ0v) is 7.32. The smallest absolute Gasteiger partial charge is 0.256 e. The summed E-state index contributed by atoms with van der Waals surface area (Å²) < 4.78 is 24.6. The molecule has 0 bridgehead atoms. The van der Waals surface area contributed by atoms with Crippen molar-refractivity contribution < 1.29 is 13.9 Å². The molecule has 1 fully saturated rings. The van der Waals surface area contributed by atoms with Gasteiger partial charge >= 0.3 is 0 Å². The fraction of sp³-hybridized carbons (Fsp3) is 1.00. The molecule has 11 heavy (non-hydrogen) atoms. The van der Waals surface area contributed by atoms with Gasteiger partial charge in [-0.15, -0.1) is 0 Å². The van der Waals surface area contributed by atoms with Crippen molar-refractivity contribution >= 4 is 0 Å². The fourth-order valence-electron chi connectivity index (χ4n) is 1.05. The van der Waals surface area contributed by atoms with E-state index in [0.29, 0.717) is 6.42 Å². The van der Waals surface area contributed by atoms with Crippen LogP contribution in [0.25, 0.3) is 0 Å². The summed E-state index contributed by atoms with van der Waals surface area (Å²) in [6.45, 7) is 5.30. The third-order valence-corrected chi connectivity index (χ3v) is 2.19. The quantitative estimate of drug-likeness (QED) is 0.668. The van der Waals surface area contributed by atoms with Crippen molar-refractivity contribution in [2.45, 2.75) is 39.5 Å². The van der Waals surface area contributed by atoms with E-state index in [-0.39, 0.29) is 13.0 Å². The molecular weight excluding hydrogens is 150 g/mol. The Morgan fingerprint density at radius 2 is 1.73 bits per heavy atom. The van der Waals surface area contributed by atoms with Crippen LogP contribution in [0.3, 0.4) is 0 Å². The molecule has 0 saturated heterocycles. The lowest BCUT2D eigenvalue weighted by Crippen LogP contribution is -2.14. The second-order valence-electron chi connectivity index (χ2n) is 2.67. The molecule has 1 saturated carbocycles. The highest BCUT2D eigenvalue weighted by atomic mass is 19.3. The molecule has 1 N–H and O–H groups in total. The molecule has 0 aromatic heterocycles. The first-order valence-corrected chi connectivity index (χ1v) is 4.07. The van der Waals surface area contributed by atoms with Crippen LogP contribution in [0.2, 0.25) is 0 Å². The lowest BCUT2D eigenvalue weighted by Gasteiger charge is -2.07. The van der Waals surface area contributed by atoms with Gasteiger partial charge in [-0.25, -0.2) is 8.78 Å². The molecule has 3 heteroatoms. The highest BCUT2D eigenvalue weighted by molar-refractivity contribution is 5.08. The van der Waals surface area contributed by atoms with E-state index in [0.717, 1.165) is 0 Å². The van der Waals surface area contributed by atoms with Crippen molar-refractivity contribution in [1.82, 2.24) is 0 Å². The summed E-state index contributed by atoms with van der Waals surface area (Å²) in [6.07, 6.45) is 0.240. The Hall–Kier alpha value is -0.180. The molecule has 0 amide bonds. The van der Waals surface area contributed by atoms with Crippen molar-refractivity contribution in [1.29, 1.82) is 0 Å². The summed E-state index contributed by atoms with van der Waals surface area (Å²) in [7, 11) is 0. The fourth-order valence-corrected chi connectivity index (χ4v) is 1.05. The molecule has 1 nitrogen and oxygen atoms in total. The number of hydrogen-bond donors (Lipinski definition) is 1. The van der Waals surface area contributed by atoms with Crippen LogP contribution in [0.15, 0.2) is 0 Å². The van der Waals surface area contributed by atoms with E-state index >= 15 is 0 Å². The molecule has 1 aliphatic rings. The van der Waals surface area contributed by atoms with Gasteiger partial charge in [-0.2, -0.15) is 0 Å². The zero-order chi connectivity index (χ0) is 9.12. The van der Waals surface area contributed by atoms with Gasteiger partial charge in [0.1, 0.15) is 0 Å². The van der Waals surface area contributed by atoms with Crippen LogP contribution in [-0.2, 0) is 0 Å². The number of aliphatic hydroxyl groups is 1. The van der Waals surface area contributed by atoms with Crippen LogP contribution < -0.4 is 0 Å². The van der Waals surface area contributed by atoms with Crippen LogP contribution in [0, 0.1) is 5.41 Å². The molecule has 0 heterocycles. The van der Waals surface area contributed by atoms with Crippen LogP contribution in [0.5, 0.6) is 0 Å². The lowest BCUT2D eigenvalue weighted by atomic mass is 10.1. The maximum absolute atomic E-state index is 12.3. The van der Waals surface area contributed by atoms with Gasteiger partial charge in [0.2, 0.25) is 0 Å². The Bertz CT molecular complexity index is 119. The Morgan fingerprint density at radius 1 is 1.36 bits per heavy atom. The molecule has 68 valence electrons. The molecule has 0 aliphatic heterocycles. The molecule has 0 radical (unpaired) electrons. The third-order valence-electron chi connectivity index (χ3n) is 2.19. The van der Waals surface area contributed by atoms with Gasteiger partial charge in [0.25, 0.3) is 5.92 Å². The van der Waals surface area contributed by atoms with Gasteiger partial charge < -0.3 is 5.11 Å². The summed E-state index contributed by atoms with van der Waals surface area (Å²) in [4.78, 5) is 0.